The highest BCUT2D eigenvalue weighted by Gasteiger charge is 2.33. The van der Waals surface area contributed by atoms with E-state index < -0.39 is 9.84 Å². The summed E-state index contributed by atoms with van der Waals surface area (Å²) in [6.45, 7) is 1.33. The lowest BCUT2D eigenvalue weighted by molar-refractivity contribution is -0.131. The van der Waals surface area contributed by atoms with Crippen molar-refractivity contribution in [2.45, 2.75) is 19.4 Å². The summed E-state index contributed by atoms with van der Waals surface area (Å²) in [5, 5.41) is 0. The third kappa shape index (κ3) is 3.71. The largest absolute Gasteiger partial charge is 0.454 e. The van der Waals surface area contributed by atoms with E-state index in [-0.39, 0.29) is 42.7 Å². The van der Waals surface area contributed by atoms with Crippen molar-refractivity contribution in [2.24, 2.45) is 0 Å². The molecule has 1 aromatic rings. The van der Waals surface area contributed by atoms with Crippen LogP contribution >= 0.6 is 0 Å². The Labute approximate surface area is 146 Å². The Morgan fingerprint density at radius 1 is 1.24 bits per heavy atom. The van der Waals surface area contributed by atoms with Gasteiger partial charge in [0.05, 0.1) is 11.5 Å². The SMILES string of the molecule is CC(=O)N(CC(=O)N(C)C1CCS(=O)(=O)C1)c1ccc2c(c1)OCO2. The maximum absolute atomic E-state index is 12.5. The van der Waals surface area contributed by atoms with Crippen molar-refractivity contribution in [2.75, 3.05) is 36.8 Å². The zero-order valence-corrected chi connectivity index (χ0v) is 14.9. The zero-order chi connectivity index (χ0) is 18.2. The van der Waals surface area contributed by atoms with Gasteiger partial charge in [0.15, 0.2) is 21.3 Å². The van der Waals surface area contributed by atoms with E-state index in [0.717, 1.165) is 0 Å². The number of nitrogens with zero attached hydrogens (tertiary/aromatic N) is 2. The molecular weight excluding hydrogens is 348 g/mol. The molecule has 3 rings (SSSR count). The van der Waals surface area contributed by atoms with Crippen molar-refractivity contribution in [3.63, 3.8) is 0 Å². The summed E-state index contributed by atoms with van der Waals surface area (Å²) < 4.78 is 33.7. The molecule has 2 amide bonds. The number of carbonyl (C=O) groups is 2. The van der Waals surface area contributed by atoms with Gasteiger partial charge < -0.3 is 19.3 Å². The number of ether oxygens (including phenoxy) is 2. The molecule has 0 aliphatic carbocycles. The number of anilines is 1. The first-order chi connectivity index (χ1) is 11.8. The summed E-state index contributed by atoms with van der Waals surface area (Å²) >= 11 is 0. The summed E-state index contributed by atoms with van der Waals surface area (Å²) in [4.78, 5) is 27.3. The Hall–Kier alpha value is -2.29. The van der Waals surface area contributed by atoms with Crippen molar-refractivity contribution < 1.29 is 27.5 Å². The van der Waals surface area contributed by atoms with Gasteiger partial charge in [-0.05, 0) is 18.6 Å². The van der Waals surface area contributed by atoms with Gasteiger partial charge in [-0.15, -0.1) is 0 Å². The minimum absolute atomic E-state index is 0.0284. The van der Waals surface area contributed by atoms with Crippen molar-refractivity contribution in [1.29, 1.82) is 0 Å². The maximum atomic E-state index is 12.5. The third-order valence-electron chi connectivity index (χ3n) is 4.49. The van der Waals surface area contributed by atoms with Gasteiger partial charge in [-0.25, -0.2) is 8.42 Å². The molecule has 8 nitrogen and oxygen atoms in total. The van der Waals surface area contributed by atoms with Crippen LogP contribution in [0, 0.1) is 0 Å². The number of amides is 2. The normalized spacial score (nSPS) is 20.3. The van der Waals surface area contributed by atoms with E-state index in [0.29, 0.717) is 23.6 Å². The van der Waals surface area contributed by atoms with Crippen LogP contribution in [0.3, 0.4) is 0 Å². The van der Waals surface area contributed by atoms with Gasteiger partial charge in [0, 0.05) is 31.8 Å². The Morgan fingerprint density at radius 3 is 2.60 bits per heavy atom. The number of hydrogen-bond donors (Lipinski definition) is 0. The second-order valence-corrected chi connectivity index (χ2v) is 8.43. The highest BCUT2D eigenvalue weighted by atomic mass is 32.2. The molecule has 0 spiro atoms. The molecule has 1 atom stereocenters. The molecule has 2 heterocycles. The number of fused-ring (bicyclic) bond motifs is 1. The molecule has 0 N–H and O–H groups in total. The Morgan fingerprint density at radius 2 is 1.96 bits per heavy atom. The molecule has 1 saturated heterocycles. The molecule has 25 heavy (non-hydrogen) atoms. The average molecular weight is 368 g/mol. The molecule has 0 bridgehead atoms. The molecule has 2 aliphatic rings. The van der Waals surface area contributed by atoms with E-state index in [1.54, 1.807) is 25.2 Å². The smallest absolute Gasteiger partial charge is 0.242 e. The van der Waals surface area contributed by atoms with Crippen molar-refractivity contribution in [3.05, 3.63) is 18.2 Å². The minimum atomic E-state index is -3.08. The summed E-state index contributed by atoms with van der Waals surface area (Å²) in [6.07, 6.45) is 0.425. The highest BCUT2D eigenvalue weighted by molar-refractivity contribution is 7.91. The van der Waals surface area contributed by atoms with Crippen LogP contribution in [0.15, 0.2) is 18.2 Å². The molecule has 1 aromatic carbocycles. The van der Waals surface area contributed by atoms with Gasteiger partial charge in [-0.3, -0.25) is 9.59 Å². The number of hydrogen-bond acceptors (Lipinski definition) is 6. The van der Waals surface area contributed by atoms with E-state index in [4.69, 9.17) is 9.47 Å². The first-order valence-corrected chi connectivity index (χ1v) is 9.73. The number of rotatable bonds is 4. The lowest BCUT2D eigenvalue weighted by Crippen LogP contribution is -2.45. The van der Waals surface area contributed by atoms with E-state index in [2.05, 4.69) is 0 Å². The standard InChI is InChI=1S/C16H20N2O6S/c1-11(19)18(12-3-4-14-15(7-12)24-10-23-14)8-16(20)17(2)13-5-6-25(21,22)9-13/h3-4,7,13H,5-6,8-10H2,1-2H3. The number of benzene rings is 1. The Balaban J connectivity index is 1.73. The number of sulfone groups is 1. The molecule has 1 fully saturated rings. The zero-order valence-electron chi connectivity index (χ0n) is 14.1. The van der Waals surface area contributed by atoms with Gasteiger partial charge in [0.25, 0.3) is 0 Å². The predicted octanol–water partition coefficient (Wildman–Crippen LogP) is 0.414. The van der Waals surface area contributed by atoms with Crippen LogP contribution in [-0.2, 0) is 19.4 Å². The van der Waals surface area contributed by atoms with Crippen molar-refractivity contribution in [1.82, 2.24) is 4.90 Å². The van der Waals surface area contributed by atoms with Crippen molar-refractivity contribution in [3.8, 4) is 11.5 Å². The minimum Gasteiger partial charge on any atom is -0.454 e. The first kappa shape index (κ1) is 17.5. The van der Waals surface area contributed by atoms with Gasteiger partial charge in [-0.1, -0.05) is 0 Å². The molecule has 136 valence electrons. The Kier molecular flexibility index (Phi) is 4.59. The maximum Gasteiger partial charge on any atom is 0.242 e. The summed E-state index contributed by atoms with van der Waals surface area (Å²) in [5.74, 6) is 0.570. The quantitative estimate of drug-likeness (QED) is 0.764. The van der Waals surface area contributed by atoms with E-state index in [1.807, 2.05) is 0 Å². The predicted molar refractivity (Wildman–Crippen MR) is 90.4 cm³/mol. The highest BCUT2D eigenvalue weighted by Crippen LogP contribution is 2.35. The molecule has 0 radical (unpaired) electrons. The van der Waals surface area contributed by atoms with Crippen LogP contribution < -0.4 is 14.4 Å². The first-order valence-electron chi connectivity index (χ1n) is 7.91. The fraction of sp³-hybridized carbons (Fsp3) is 0.500. The second-order valence-electron chi connectivity index (χ2n) is 6.20. The molecule has 0 saturated carbocycles. The number of carbonyl (C=O) groups excluding carboxylic acids is 2. The van der Waals surface area contributed by atoms with Gasteiger partial charge in [0.1, 0.15) is 6.54 Å². The van der Waals surface area contributed by atoms with E-state index in [9.17, 15) is 18.0 Å². The molecular formula is C16H20N2O6S. The molecule has 9 heteroatoms. The monoisotopic (exact) mass is 368 g/mol. The third-order valence-corrected chi connectivity index (χ3v) is 6.24. The van der Waals surface area contributed by atoms with Gasteiger partial charge in [-0.2, -0.15) is 0 Å². The fourth-order valence-corrected chi connectivity index (χ4v) is 4.74. The topological polar surface area (TPSA) is 93.2 Å². The van der Waals surface area contributed by atoms with Crippen LogP contribution in [0.1, 0.15) is 13.3 Å². The summed E-state index contributed by atoms with van der Waals surface area (Å²) in [6, 6.07) is 4.67. The molecule has 0 aromatic heterocycles. The molecule has 2 aliphatic heterocycles. The average Bonchev–Trinajstić information content (AvgIpc) is 3.16. The lowest BCUT2D eigenvalue weighted by Gasteiger charge is -2.27. The van der Waals surface area contributed by atoms with Crippen LogP contribution in [0.4, 0.5) is 5.69 Å². The second kappa shape index (κ2) is 6.55. The van der Waals surface area contributed by atoms with Crippen LogP contribution in [-0.4, -0.2) is 63.1 Å². The number of likely N-dealkylation sites (N-methyl/N-ethyl adjacent to an activating group) is 1. The van der Waals surface area contributed by atoms with Crippen LogP contribution in [0.2, 0.25) is 0 Å². The molecule has 1 unspecified atom stereocenters. The summed E-state index contributed by atoms with van der Waals surface area (Å²) in [7, 11) is -1.51. The summed E-state index contributed by atoms with van der Waals surface area (Å²) in [5.41, 5.74) is 0.526. The van der Waals surface area contributed by atoms with Gasteiger partial charge >= 0.3 is 0 Å². The fourth-order valence-electron chi connectivity index (χ4n) is 2.97. The van der Waals surface area contributed by atoms with E-state index >= 15 is 0 Å². The van der Waals surface area contributed by atoms with Crippen molar-refractivity contribution >= 4 is 27.3 Å². The Bertz CT molecular complexity index is 807. The van der Waals surface area contributed by atoms with Gasteiger partial charge in [0.2, 0.25) is 18.6 Å². The van der Waals surface area contributed by atoms with E-state index in [1.165, 1.54) is 16.7 Å². The van der Waals surface area contributed by atoms with Crippen LogP contribution in [0.5, 0.6) is 11.5 Å². The van der Waals surface area contributed by atoms with Crippen LogP contribution in [0.25, 0.3) is 0 Å². The lowest BCUT2D eigenvalue weighted by atomic mass is 10.2.